The summed E-state index contributed by atoms with van der Waals surface area (Å²) >= 11 is 0. The number of ether oxygens (including phenoxy) is 1. The van der Waals surface area contributed by atoms with Crippen LogP contribution in [0, 0.1) is 0 Å². The second-order valence-corrected chi connectivity index (χ2v) is 22.8. The van der Waals surface area contributed by atoms with Crippen molar-refractivity contribution in [2.45, 2.75) is 386 Å². The van der Waals surface area contributed by atoms with Crippen LogP contribution in [0.4, 0.5) is 0 Å². The largest absolute Gasteiger partial charge is 0.466 e. The molecule has 0 aromatic heterocycles. The summed E-state index contributed by atoms with van der Waals surface area (Å²) in [7, 11) is 0. The Balaban J connectivity index is 3.39. The predicted octanol–water partition coefficient (Wildman–Crippen LogP) is 20.8. The first-order valence-corrected chi connectivity index (χ1v) is 32.9. The van der Waals surface area contributed by atoms with Crippen molar-refractivity contribution in [1.29, 1.82) is 0 Å². The lowest BCUT2D eigenvalue weighted by molar-refractivity contribution is -0.143. The van der Waals surface area contributed by atoms with Crippen LogP contribution < -0.4 is 5.32 Å². The second-order valence-electron chi connectivity index (χ2n) is 22.8. The van der Waals surface area contributed by atoms with Gasteiger partial charge in [0, 0.05) is 12.8 Å². The Morgan fingerprint density at radius 3 is 1.00 bits per heavy atom. The summed E-state index contributed by atoms with van der Waals surface area (Å²) < 4.78 is 5.47. The summed E-state index contributed by atoms with van der Waals surface area (Å²) in [6.45, 7) is 4.97. The Hall–Kier alpha value is -1.40. The van der Waals surface area contributed by atoms with Crippen LogP contribution in [0.3, 0.4) is 0 Å². The molecule has 0 aliphatic carbocycles. The highest BCUT2D eigenvalue weighted by Gasteiger charge is 2.20. The van der Waals surface area contributed by atoms with Crippen LogP contribution in [-0.2, 0) is 14.3 Å². The lowest BCUT2D eigenvalue weighted by Crippen LogP contribution is -2.45. The number of carbonyl (C=O) groups is 2. The van der Waals surface area contributed by atoms with E-state index in [1.54, 1.807) is 0 Å². The number of aliphatic hydroxyl groups excluding tert-OH is 2. The Morgan fingerprint density at radius 2 is 0.653 bits per heavy atom. The molecule has 2 atom stereocenters. The quantitative estimate of drug-likeness (QED) is 0.0320. The number of allylic oxidation sites excluding steroid dienone is 2. The Labute approximate surface area is 450 Å². The lowest BCUT2D eigenvalue weighted by Gasteiger charge is -2.22. The van der Waals surface area contributed by atoms with Gasteiger partial charge in [0.25, 0.3) is 0 Å². The van der Waals surface area contributed by atoms with Crippen LogP contribution in [0.25, 0.3) is 0 Å². The third-order valence-electron chi connectivity index (χ3n) is 15.6. The van der Waals surface area contributed by atoms with Gasteiger partial charge in [0.1, 0.15) is 0 Å². The molecule has 0 spiro atoms. The number of hydrogen-bond donors (Lipinski definition) is 3. The summed E-state index contributed by atoms with van der Waals surface area (Å²) in [6.07, 6.45) is 75.2. The number of rotatable bonds is 62. The van der Waals surface area contributed by atoms with Crippen molar-refractivity contribution in [1.82, 2.24) is 5.32 Å². The molecule has 0 saturated carbocycles. The van der Waals surface area contributed by atoms with E-state index in [9.17, 15) is 19.8 Å². The maximum atomic E-state index is 12.5. The molecule has 1 amide bonds. The van der Waals surface area contributed by atoms with E-state index < -0.39 is 12.1 Å². The van der Waals surface area contributed by atoms with Gasteiger partial charge in [-0.25, -0.2) is 0 Å². The Kier molecular flexibility index (Phi) is 60.9. The average Bonchev–Trinajstić information content (AvgIpc) is 3.38. The van der Waals surface area contributed by atoms with Gasteiger partial charge in [0.15, 0.2) is 0 Å². The molecule has 0 aromatic rings. The minimum Gasteiger partial charge on any atom is -0.466 e. The Morgan fingerprint density at radius 1 is 0.375 bits per heavy atom. The summed E-state index contributed by atoms with van der Waals surface area (Å²) in [5.74, 6) is -0.0300. The van der Waals surface area contributed by atoms with Gasteiger partial charge in [-0.1, -0.05) is 321 Å². The lowest BCUT2D eigenvalue weighted by atomic mass is 10.0. The fourth-order valence-corrected chi connectivity index (χ4v) is 10.5. The van der Waals surface area contributed by atoms with Gasteiger partial charge < -0.3 is 20.3 Å². The predicted molar refractivity (Wildman–Crippen MR) is 315 cm³/mol. The van der Waals surface area contributed by atoms with E-state index in [2.05, 4.69) is 31.3 Å². The molecule has 0 fully saturated rings. The third-order valence-corrected chi connectivity index (χ3v) is 15.6. The highest BCUT2D eigenvalue weighted by atomic mass is 16.5. The number of unbranched alkanes of at least 4 members (excludes halogenated alkanes) is 49. The molecule has 0 rings (SSSR count). The number of amides is 1. The molecular weight excluding hydrogens is 887 g/mol. The van der Waals surface area contributed by atoms with Gasteiger partial charge in [-0.15, -0.1) is 0 Å². The summed E-state index contributed by atoms with van der Waals surface area (Å²) in [5.41, 5.74) is 0. The zero-order valence-electron chi connectivity index (χ0n) is 48.9. The fraction of sp³-hybridized carbons (Fsp3) is 0.939. The van der Waals surface area contributed by atoms with Gasteiger partial charge in [-0.05, 0) is 51.4 Å². The minimum atomic E-state index is -0.666. The normalized spacial score (nSPS) is 12.6. The fourth-order valence-electron chi connectivity index (χ4n) is 10.5. The van der Waals surface area contributed by atoms with E-state index in [1.807, 2.05) is 0 Å². The van der Waals surface area contributed by atoms with E-state index in [0.29, 0.717) is 25.9 Å². The zero-order valence-corrected chi connectivity index (χ0v) is 48.9. The molecule has 0 radical (unpaired) electrons. The van der Waals surface area contributed by atoms with Gasteiger partial charge in [0.2, 0.25) is 5.91 Å². The van der Waals surface area contributed by atoms with Crippen molar-refractivity contribution < 1.29 is 24.5 Å². The SMILES string of the molecule is CCCCCC/C=C\CCCCCCCC(=O)OCCCCCCCCCCCCCCCCCCCCCCC(=O)NC(CO)C(O)CCCCCCCCCCCCCCCCCCCCCCCC. The third kappa shape index (κ3) is 57.9. The molecule has 0 saturated heterocycles. The summed E-state index contributed by atoms with van der Waals surface area (Å²) in [6, 6.07) is -0.543. The molecule has 0 bridgehead atoms. The molecule has 2 unspecified atom stereocenters. The van der Waals surface area contributed by atoms with Gasteiger partial charge in [-0.2, -0.15) is 0 Å². The number of aliphatic hydroxyl groups is 2. The van der Waals surface area contributed by atoms with Gasteiger partial charge in [0.05, 0.1) is 25.4 Å². The topological polar surface area (TPSA) is 95.9 Å². The van der Waals surface area contributed by atoms with Crippen molar-refractivity contribution in [2.75, 3.05) is 13.2 Å². The maximum Gasteiger partial charge on any atom is 0.305 e. The highest BCUT2D eigenvalue weighted by Crippen LogP contribution is 2.19. The highest BCUT2D eigenvalue weighted by molar-refractivity contribution is 5.76. The molecule has 6 nitrogen and oxygen atoms in total. The van der Waals surface area contributed by atoms with Crippen molar-refractivity contribution in [3.63, 3.8) is 0 Å². The van der Waals surface area contributed by atoms with E-state index in [1.165, 1.54) is 295 Å². The van der Waals surface area contributed by atoms with Crippen LogP contribution >= 0.6 is 0 Å². The maximum absolute atomic E-state index is 12.5. The van der Waals surface area contributed by atoms with Crippen molar-refractivity contribution in [3.05, 3.63) is 12.2 Å². The van der Waals surface area contributed by atoms with Crippen molar-refractivity contribution in [3.8, 4) is 0 Å². The molecular formula is C66H129NO5. The van der Waals surface area contributed by atoms with Crippen molar-refractivity contribution in [2.24, 2.45) is 0 Å². The standard InChI is InChI=1S/C66H129NO5/c1-3-5-7-9-11-13-15-17-18-19-20-21-22-25-28-31-35-38-42-46-50-54-58-64(69)63(62-68)67-65(70)59-55-51-47-43-39-36-32-29-26-23-24-27-30-33-37-41-45-49-53-57-61-72-66(71)60-56-52-48-44-40-34-16-14-12-10-8-6-4-2/h14,16,63-64,68-69H,3-13,15,17-62H2,1-2H3,(H,67,70)/b16-14-. The minimum absolute atomic E-state index is 0.00244. The van der Waals surface area contributed by atoms with Crippen LogP contribution in [0.15, 0.2) is 12.2 Å². The van der Waals surface area contributed by atoms with Gasteiger partial charge >= 0.3 is 5.97 Å². The number of hydrogen-bond acceptors (Lipinski definition) is 5. The molecule has 0 aliphatic heterocycles. The number of esters is 1. The molecule has 0 heterocycles. The molecule has 0 aliphatic rings. The number of nitrogens with one attached hydrogen (secondary N) is 1. The Bertz CT molecular complexity index is 1080. The first-order chi connectivity index (χ1) is 35.5. The first-order valence-electron chi connectivity index (χ1n) is 32.9. The van der Waals surface area contributed by atoms with E-state index in [-0.39, 0.29) is 18.5 Å². The average molecular weight is 1020 g/mol. The van der Waals surface area contributed by atoms with Crippen molar-refractivity contribution >= 4 is 11.9 Å². The van der Waals surface area contributed by atoms with E-state index in [0.717, 1.165) is 44.9 Å². The summed E-state index contributed by atoms with van der Waals surface area (Å²) in [4.78, 5) is 24.6. The molecule has 72 heavy (non-hydrogen) atoms. The summed E-state index contributed by atoms with van der Waals surface area (Å²) in [5, 5.41) is 23.4. The van der Waals surface area contributed by atoms with Gasteiger partial charge in [-0.3, -0.25) is 9.59 Å². The smallest absolute Gasteiger partial charge is 0.305 e. The molecule has 3 N–H and O–H groups in total. The second kappa shape index (κ2) is 62.1. The molecule has 6 heteroatoms. The zero-order chi connectivity index (χ0) is 52.2. The van der Waals surface area contributed by atoms with Crippen LogP contribution in [-0.4, -0.2) is 47.4 Å². The van der Waals surface area contributed by atoms with Crippen LogP contribution in [0.5, 0.6) is 0 Å². The van der Waals surface area contributed by atoms with E-state index >= 15 is 0 Å². The molecule has 428 valence electrons. The van der Waals surface area contributed by atoms with Crippen LogP contribution in [0.2, 0.25) is 0 Å². The monoisotopic (exact) mass is 1020 g/mol. The number of carbonyl (C=O) groups excluding carboxylic acids is 2. The first kappa shape index (κ1) is 70.6. The molecule has 0 aromatic carbocycles. The van der Waals surface area contributed by atoms with Crippen LogP contribution in [0.1, 0.15) is 373 Å². The van der Waals surface area contributed by atoms with E-state index in [4.69, 9.17) is 4.74 Å².